The van der Waals surface area contributed by atoms with E-state index in [4.69, 9.17) is 0 Å². The highest BCUT2D eigenvalue weighted by Crippen LogP contribution is 2.15. The number of nitrogens with zero attached hydrogens (tertiary/aromatic N) is 1. The Labute approximate surface area is 159 Å². The quantitative estimate of drug-likeness (QED) is 0.479. The molecule has 0 saturated carbocycles. The van der Waals surface area contributed by atoms with Crippen LogP contribution >= 0.6 is 15.9 Å². The van der Waals surface area contributed by atoms with E-state index in [1.165, 1.54) is 6.08 Å². The van der Waals surface area contributed by atoms with Crippen molar-refractivity contribution in [1.29, 1.82) is 0 Å². The normalized spacial score (nSPS) is 10.7. The van der Waals surface area contributed by atoms with Gasteiger partial charge in [-0.1, -0.05) is 28.1 Å². The first-order chi connectivity index (χ1) is 12.6. The summed E-state index contributed by atoms with van der Waals surface area (Å²) in [6, 6.07) is 17.6. The Kier molecular flexibility index (Phi) is 5.71. The third kappa shape index (κ3) is 4.74. The average Bonchev–Trinajstić information content (AvgIpc) is 2.67. The Balaban J connectivity index is 1.65. The smallest absolute Gasteiger partial charge is 0.255 e. The summed E-state index contributed by atoms with van der Waals surface area (Å²) < 4.78 is 0.840. The van der Waals surface area contributed by atoms with E-state index in [-0.39, 0.29) is 11.7 Å². The van der Waals surface area contributed by atoms with Crippen LogP contribution in [0.5, 0.6) is 0 Å². The molecule has 1 aromatic heterocycles. The van der Waals surface area contributed by atoms with Crippen LogP contribution in [-0.4, -0.2) is 16.7 Å². The van der Waals surface area contributed by atoms with Gasteiger partial charge in [-0.3, -0.25) is 14.6 Å². The molecule has 0 atom stereocenters. The van der Waals surface area contributed by atoms with Gasteiger partial charge in [0.2, 0.25) is 0 Å². The van der Waals surface area contributed by atoms with Crippen LogP contribution in [-0.2, 0) is 0 Å². The van der Waals surface area contributed by atoms with E-state index in [1.807, 2.05) is 18.2 Å². The number of anilines is 1. The molecule has 0 bridgehead atoms. The van der Waals surface area contributed by atoms with Crippen LogP contribution in [0.3, 0.4) is 0 Å². The monoisotopic (exact) mass is 406 g/mol. The molecule has 3 rings (SSSR count). The van der Waals surface area contributed by atoms with Crippen molar-refractivity contribution in [3.8, 4) is 0 Å². The summed E-state index contributed by atoms with van der Waals surface area (Å²) in [5.41, 5.74) is 2.64. The van der Waals surface area contributed by atoms with Gasteiger partial charge in [-0.05, 0) is 66.2 Å². The third-order valence-electron chi connectivity index (χ3n) is 3.65. The fourth-order valence-corrected chi connectivity index (χ4v) is 2.69. The maximum atomic E-state index is 12.2. The number of carbonyl (C=O) groups excluding carboxylic acids is 2. The lowest BCUT2D eigenvalue weighted by atomic mass is 10.1. The van der Waals surface area contributed by atoms with Gasteiger partial charge in [0.05, 0.1) is 0 Å². The topological polar surface area (TPSA) is 59.1 Å². The van der Waals surface area contributed by atoms with Crippen molar-refractivity contribution in [2.24, 2.45) is 0 Å². The zero-order valence-electron chi connectivity index (χ0n) is 13.7. The number of nitrogens with one attached hydrogen (secondary N) is 1. The van der Waals surface area contributed by atoms with Gasteiger partial charge in [-0.2, -0.15) is 0 Å². The van der Waals surface area contributed by atoms with Crippen LogP contribution < -0.4 is 5.32 Å². The SMILES string of the molecule is O=C(/C=C/c1ccncc1)c1ccc(NC(=O)c2cccc(Br)c2)cc1. The molecule has 0 unspecified atom stereocenters. The molecule has 1 N–H and O–H groups in total. The summed E-state index contributed by atoms with van der Waals surface area (Å²) in [5.74, 6) is -0.311. The van der Waals surface area contributed by atoms with Crippen LogP contribution in [0.1, 0.15) is 26.3 Å². The molecule has 0 aliphatic heterocycles. The number of aromatic nitrogens is 1. The van der Waals surface area contributed by atoms with Gasteiger partial charge in [0.15, 0.2) is 5.78 Å². The van der Waals surface area contributed by atoms with Crippen LogP contribution in [0.2, 0.25) is 0 Å². The summed E-state index contributed by atoms with van der Waals surface area (Å²) in [4.78, 5) is 28.4. The number of hydrogen-bond donors (Lipinski definition) is 1. The summed E-state index contributed by atoms with van der Waals surface area (Å²) >= 11 is 3.35. The molecule has 26 heavy (non-hydrogen) atoms. The molecule has 0 fully saturated rings. The Morgan fingerprint density at radius 1 is 0.923 bits per heavy atom. The number of allylic oxidation sites excluding steroid dienone is 1. The highest BCUT2D eigenvalue weighted by molar-refractivity contribution is 9.10. The van der Waals surface area contributed by atoms with Gasteiger partial charge in [-0.25, -0.2) is 0 Å². The number of benzene rings is 2. The minimum absolute atomic E-state index is 0.105. The minimum Gasteiger partial charge on any atom is -0.322 e. The molecule has 0 radical (unpaired) electrons. The maximum Gasteiger partial charge on any atom is 0.255 e. The molecule has 0 saturated heterocycles. The zero-order valence-corrected chi connectivity index (χ0v) is 15.3. The lowest BCUT2D eigenvalue weighted by Crippen LogP contribution is -2.11. The fraction of sp³-hybridized carbons (Fsp3) is 0. The number of ketones is 1. The second kappa shape index (κ2) is 8.36. The van der Waals surface area contributed by atoms with Gasteiger partial charge in [0.25, 0.3) is 5.91 Å². The molecule has 1 heterocycles. The second-order valence-electron chi connectivity index (χ2n) is 5.52. The summed E-state index contributed by atoms with van der Waals surface area (Å²) in [7, 11) is 0. The Bertz CT molecular complexity index is 951. The summed E-state index contributed by atoms with van der Waals surface area (Å²) in [5, 5.41) is 2.81. The number of carbonyl (C=O) groups is 2. The lowest BCUT2D eigenvalue weighted by Gasteiger charge is -2.06. The van der Waals surface area contributed by atoms with Crippen molar-refractivity contribution in [2.75, 3.05) is 5.32 Å². The van der Waals surface area contributed by atoms with E-state index in [1.54, 1.807) is 60.9 Å². The second-order valence-corrected chi connectivity index (χ2v) is 6.44. The zero-order chi connectivity index (χ0) is 18.4. The van der Waals surface area contributed by atoms with E-state index in [9.17, 15) is 9.59 Å². The Morgan fingerprint density at radius 3 is 2.35 bits per heavy atom. The summed E-state index contributed by atoms with van der Waals surface area (Å²) in [6.45, 7) is 0. The molecule has 0 aliphatic carbocycles. The van der Waals surface area contributed by atoms with Crippen LogP contribution in [0.15, 0.2) is 83.6 Å². The summed E-state index contributed by atoms with van der Waals surface area (Å²) in [6.07, 6.45) is 6.61. The molecule has 0 spiro atoms. The van der Waals surface area contributed by atoms with Crippen molar-refractivity contribution >= 4 is 39.4 Å². The molecular formula is C21H15BrN2O2. The predicted octanol–water partition coefficient (Wildman–Crippen LogP) is 4.99. The van der Waals surface area contributed by atoms with Gasteiger partial charge >= 0.3 is 0 Å². The number of amides is 1. The number of pyridine rings is 1. The molecule has 0 aliphatic rings. The van der Waals surface area contributed by atoms with E-state index >= 15 is 0 Å². The van der Waals surface area contributed by atoms with Crippen LogP contribution in [0.4, 0.5) is 5.69 Å². The highest BCUT2D eigenvalue weighted by Gasteiger charge is 2.07. The first-order valence-corrected chi connectivity index (χ1v) is 8.70. The fourth-order valence-electron chi connectivity index (χ4n) is 2.29. The van der Waals surface area contributed by atoms with E-state index in [0.29, 0.717) is 16.8 Å². The van der Waals surface area contributed by atoms with Gasteiger partial charge < -0.3 is 5.32 Å². The van der Waals surface area contributed by atoms with Crippen LogP contribution in [0, 0.1) is 0 Å². The van der Waals surface area contributed by atoms with Gasteiger partial charge in [0.1, 0.15) is 0 Å². The predicted molar refractivity (Wildman–Crippen MR) is 106 cm³/mol. The largest absolute Gasteiger partial charge is 0.322 e. The molecule has 5 heteroatoms. The highest BCUT2D eigenvalue weighted by atomic mass is 79.9. The number of hydrogen-bond acceptors (Lipinski definition) is 3. The third-order valence-corrected chi connectivity index (χ3v) is 4.14. The lowest BCUT2D eigenvalue weighted by molar-refractivity contribution is 0.102. The standard InChI is InChI=1S/C21H15BrN2O2/c22-18-3-1-2-17(14-18)21(26)24-19-7-5-16(6-8-19)20(25)9-4-15-10-12-23-13-11-15/h1-14H,(H,24,26)/b9-4+. The van der Waals surface area contributed by atoms with Crippen molar-refractivity contribution < 1.29 is 9.59 Å². The van der Waals surface area contributed by atoms with E-state index in [2.05, 4.69) is 26.2 Å². The molecule has 1 amide bonds. The van der Waals surface area contributed by atoms with Crippen molar-refractivity contribution in [3.05, 3.63) is 100 Å². The average molecular weight is 407 g/mol. The molecular weight excluding hydrogens is 392 g/mol. The molecule has 3 aromatic rings. The van der Waals surface area contributed by atoms with E-state index in [0.717, 1.165) is 10.0 Å². The first kappa shape index (κ1) is 17.8. The number of rotatable bonds is 5. The van der Waals surface area contributed by atoms with Crippen molar-refractivity contribution in [2.45, 2.75) is 0 Å². The molecule has 128 valence electrons. The Hall–Kier alpha value is -3.05. The maximum absolute atomic E-state index is 12.2. The first-order valence-electron chi connectivity index (χ1n) is 7.91. The molecule has 4 nitrogen and oxygen atoms in total. The van der Waals surface area contributed by atoms with E-state index < -0.39 is 0 Å². The minimum atomic E-state index is -0.206. The number of halogens is 1. The molecule has 2 aromatic carbocycles. The van der Waals surface area contributed by atoms with Crippen molar-refractivity contribution in [3.63, 3.8) is 0 Å². The Morgan fingerprint density at radius 2 is 1.65 bits per heavy atom. The van der Waals surface area contributed by atoms with Crippen LogP contribution in [0.25, 0.3) is 6.08 Å². The van der Waals surface area contributed by atoms with Gasteiger partial charge in [-0.15, -0.1) is 0 Å². The van der Waals surface area contributed by atoms with Gasteiger partial charge in [0, 0.05) is 33.7 Å². The van der Waals surface area contributed by atoms with Crippen molar-refractivity contribution in [1.82, 2.24) is 4.98 Å².